The summed E-state index contributed by atoms with van der Waals surface area (Å²) >= 11 is 1.97. The second kappa shape index (κ2) is 6.71. The van der Waals surface area contributed by atoms with E-state index in [1.54, 1.807) is 0 Å². The summed E-state index contributed by atoms with van der Waals surface area (Å²) in [6.45, 7) is 2.24. The standard InChI is InChI=1S/C18H33N5S/c1-2-24-18-21-20-17-19-15-13-9-5-3-7-11(13)12-8-4-6-10-14(12)16(15)22-23(17)18/h11-22H,2-10H2,1H3. The topological polar surface area (TPSA) is 51.4 Å². The zero-order valence-electron chi connectivity index (χ0n) is 14.8. The summed E-state index contributed by atoms with van der Waals surface area (Å²) in [5, 5.41) is 6.44. The molecule has 5 aliphatic rings. The van der Waals surface area contributed by atoms with Crippen molar-refractivity contribution >= 4 is 11.8 Å². The average Bonchev–Trinajstić information content (AvgIpc) is 3.03. The number of hydrogen-bond acceptors (Lipinski definition) is 6. The van der Waals surface area contributed by atoms with Gasteiger partial charge in [0.15, 0.2) is 0 Å². The Morgan fingerprint density at radius 1 is 0.833 bits per heavy atom. The van der Waals surface area contributed by atoms with E-state index in [4.69, 9.17) is 0 Å². The van der Waals surface area contributed by atoms with E-state index in [9.17, 15) is 0 Å². The van der Waals surface area contributed by atoms with Crippen molar-refractivity contribution in [3.05, 3.63) is 0 Å². The molecule has 2 heterocycles. The molecule has 0 amide bonds. The molecule has 5 nitrogen and oxygen atoms in total. The maximum absolute atomic E-state index is 4.01. The molecule has 2 aliphatic heterocycles. The Morgan fingerprint density at radius 2 is 1.46 bits per heavy atom. The molecule has 8 atom stereocenters. The minimum atomic E-state index is 0.234. The summed E-state index contributed by atoms with van der Waals surface area (Å²) in [6, 6.07) is 1.28. The number of hydrogen-bond donors (Lipinski definition) is 4. The fourth-order valence-corrected chi connectivity index (χ4v) is 7.40. The van der Waals surface area contributed by atoms with Crippen molar-refractivity contribution in [2.75, 3.05) is 5.75 Å². The Morgan fingerprint density at radius 3 is 2.12 bits per heavy atom. The summed E-state index contributed by atoms with van der Waals surface area (Å²) < 4.78 is 0. The Kier molecular flexibility index (Phi) is 4.56. The molecule has 3 aliphatic carbocycles. The number of nitrogens with zero attached hydrogens (tertiary/aromatic N) is 1. The first-order valence-corrected chi connectivity index (χ1v) is 11.3. The molecule has 8 unspecified atom stereocenters. The minimum absolute atomic E-state index is 0.234. The third-order valence-corrected chi connectivity index (χ3v) is 8.45. The normalized spacial score (nSPS) is 51.4. The molecular weight excluding hydrogens is 318 g/mol. The van der Waals surface area contributed by atoms with Gasteiger partial charge in [0.2, 0.25) is 0 Å². The van der Waals surface area contributed by atoms with Gasteiger partial charge in [0.25, 0.3) is 0 Å². The summed E-state index contributed by atoms with van der Waals surface area (Å²) in [7, 11) is 0. The van der Waals surface area contributed by atoms with Gasteiger partial charge in [-0.05, 0) is 55.1 Å². The number of nitrogens with one attached hydrogen (secondary N) is 4. The van der Waals surface area contributed by atoms with E-state index in [0.717, 1.165) is 29.4 Å². The van der Waals surface area contributed by atoms with Gasteiger partial charge in [-0.25, -0.2) is 16.3 Å². The van der Waals surface area contributed by atoms with Crippen molar-refractivity contribution in [2.45, 2.75) is 82.2 Å². The van der Waals surface area contributed by atoms with Gasteiger partial charge in [-0.3, -0.25) is 5.32 Å². The van der Waals surface area contributed by atoms with Crippen LogP contribution in [-0.4, -0.2) is 34.6 Å². The lowest BCUT2D eigenvalue weighted by atomic mass is 9.54. The Labute approximate surface area is 150 Å². The molecule has 5 rings (SSSR count). The fourth-order valence-electron chi connectivity index (χ4n) is 6.59. The highest BCUT2D eigenvalue weighted by Gasteiger charge is 2.55. The zero-order valence-corrected chi connectivity index (χ0v) is 15.7. The lowest BCUT2D eigenvalue weighted by Crippen LogP contribution is -2.76. The minimum Gasteiger partial charge on any atom is -0.283 e. The van der Waals surface area contributed by atoms with Crippen LogP contribution in [0.3, 0.4) is 0 Å². The molecule has 6 heteroatoms. The molecule has 5 fully saturated rings. The summed E-state index contributed by atoms with van der Waals surface area (Å²) in [4.78, 5) is 0. The van der Waals surface area contributed by atoms with Crippen LogP contribution in [-0.2, 0) is 0 Å². The van der Waals surface area contributed by atoms with E-state index >= 15 is 0 Å². The van der Waals surface area contributed by atoms with Crippen LogP contribution in [0.15, 0.2) is 0 Å². The molecule has 2 saturated heterocycles. The van der Waals surface area contributed by atoms with E-state index in [1.807, 2.05) is 11.8 Å². The summed E-state index contributed by atoms with van der Waals surface area (Å²) in [6.07, 6.45) is 11.9. The first-order valence-electron chi connectivity index (χ1n) is 10.3. The van der Waals surface area contributed by atoms with Crippen molar-refractivity contribution in [3.63, 3.8) is 0 Å². The predicted molar refractivity (Wildman–Crippen MR) is 98.6 cm³/mol. The summed E-state index contributed by atoms with van der Waals surface area (Å²) in [5.74, 6) is 4.87. The van der Waals surface area contributed by atoms with Crippen LogP contribution in [0.4, 0.5) is 0 Å². The SMILES string of the molecule is CCSC1NNC2NC3C4CCCCC4C4CCCCC4C3NN21. The molecule has 3 saturated carbocycles. The molecular formula is C18H33N5S. The molecule has 136 valence electrons. The van der Waals surface area contributed by atoms with E-state index in [0.29, 0.717) is 17.6 Å². The van der Waals surface area contributed by atoms with Crippen LogP contribution in [0.5, 0.6) is 0 Å². The Balaban J connectivity index is 1.42. The van der Waals surface area contributed by atoms with Gasteiger partial charge in [0.1, 0.15) is 11.8 Å². The van der Waals surface area contributed by atoms with Gasteiger partial charge in [-0.2, -0.15) is 5.01 Å². The van der Waals surface area contributed by atoms with E-state index in [2.05, 4.69) is 33.5 Å². The maximum atomic E-state index is 4.01. The third kappa shape index (κ3) is 2.57. The van der Waals surface area contributed by atoms with Crippen LogP contribution >= 0.6 is 11.8 Å². The molecule has 4 N–H and O–H groups in total. The van der Waals surface area contributed by atoms with Crippen molar-refractivity contribution in [3.8, 4) is 0 Å². The van der Waals surface area contributed by atoms with Gasteiger partial charge in [0, 0.05) is 12.1 Å². The number of thioether (sulfide) groups is 1. The number of fused-ring (bicyclic) bond motifs is 7. The lowest BCUT2D eigenvalue weighted by molar-refractivity contribution is -0.0927. The van der Waals surface area contributed by atoms with Crippen molar-refractivity contribution in [1.29, 1.82) is 0 Å². The highest BCUT2D eigenvalue weighted by molar-refractivity contribution is 7.99. The maximum Gasteiger partial charge on any atom is 0.142 e. The van der Waals surface area contributed by atoms with Gasteiger partial charge >= 0.3 is 0 Å². The van der Waals surface area contributed by atoms with Crippen molar-refractivity contribution in [2.24, 2.45) is 23.7 Å². The van der Waals surface area contributed by atoms with Crippen LogP contribution < -0.4 is 21.6 Å². The van der Waals surface area contributed by atoms with Gasteiger partial charge < -0.3 is 0 Å². The molecule has 0 spiro atoms. The fraction of sp³-hybridized carbons (Fsp3) is 1.00. The van der Waals surface area contributed by atoms with Gasteiger partial charge in [0.05, 0.1) is 0 Å². The molecule has 0 aromatic heterocycles. The molecule has 0 radical (unpaired) electrons. The number of rotatable bonds is 2. The average molecular weight is 352 g/mol. The highest BCUT2D eigenvalue weighted by Crippen LogP contribution is 2.52. The van der Waals surface area contributed by atoms with E-state index in [-0.39, 0.29) is 6.29 Å². The lowest BCUT2D eigenvalue weighted by Gasteiger charge is -2.59. The van der Waals surface area contributed by atoms with Crippen molar-refractivity contribution < 1.29 is 0 Å². The van der Waals surface area contributed by atoms with Crippen molar-refractivity contribution in [1.82, 2.24) is 26.6 Å². The zero-order chi connectivity index (χ0) is 16.1. The van der Waals surface area contributed by atoms with Crippen LogP contribution in [0, 0.1) is 23.7 Å². The molecule has 0 aromatic carbocycles. The second-order valence-corrected chi connectivity index (χ2v) is 9.84. The molecule has 0 bridgehead atoms. The predicted octanol–water partition coefficient (Wildman–Crippen LogP) is 2.19. The summed E-state index contributed by atoms with van der Waals surface area (Å²) in [5.41, 5.74) is 11.3. The second-order valence-electron chi connectivity index (χ2n) is 8.48. The van der Waals surface area contributed by atoms with Crippen LogP contribution in [0.2, 0.25) is 0 Å². The Bertz CT molecular complexity index is 463. The van der Waals surface area contributed by atoms with Gasteiger partial charge in [-0.15, -0.1) is 11.8 Å². The van der Waals surface area contributed by atoms with Gasteiger partial charge in [-0.1, -0.05) is 32.6 Å². The monoisotopic (exact) mass is 351 g/mol. The quantitative estimate of drug-likeness (QED) is 0.612. The largest absolute Gasteiger partial charge is 0.283 e. The third-order valence-electron chi connectivity index (χ3n) is 7.46. The van der Waals surface area contributed by atoms with Crippen LogP contribution in [0.25, 0.3) is 0 Å². The highest BCUT2D eigenvalue weighted by atomic mass is 32.2. The molecule has 24 heavy (non-hydrogen) atoms. The number of hydrazine groups is 2. The molecule has 0 aromatic rings. The van der Waals surface area contributed by atoms with E-state index < -0.39 is 0 Å². The first kappa shape index (κ1) is 16.3. The Hall–Kier alpha value is 0.150. The van der Waals surface area contributed by atoms with Crippen LogP contribution in [0.1, 0.15) is 58.3 Å². The smallest absolute Gasteiger partial charge is 0.142 e. The van der Waals surface area contributed by atoms with E-state index in [1.165, 1.54) is 51.4 Å². The first-order chi connectivity index (χ1) is 11.9.